The summed E-state index contributed by atoms with van der Waals surface area (Å²) in [5, 5.41) is 230. The van der Waals surface area contributed by atoms with Crippen LogP contribution in [-0.4, -0.2) is 368 Å². The van der Waals surface area contributed by atoms with E-state index in [1.165, 1.54) is 0 Å². The van der Waals surface area contributed by atoms with E-state index in [0.29, 0.717) is 0 Å². The number of aliphatic hydroxyl groups is 21. The lowest BCUT2D eigenvalue weighted by Gasteiger charge is -2.50. The van der Waals surface area contributed by atoms with Crippen LogP contribution in [-0.2, 0) is 66.3 Å². The Kier molecular flexibility index (Phi) is 20.8. The topological polar surface area (TPSA) is 554 Å². The van der Waals surface area contributed by atoms with Crippen molar-refractivity contribution < 1.29 is 174 Å². The van der Waals surface area contributed by atoms with Gasteiger partial charge in [0.25, 0.3) is 0 Å². The van der Waals surface area contributed by atoms with Crippen LogP contribution in [0.5, 0.6) is 0 Å². The molecule has 0 aromatic carbocycles. The first-order valence-corrected chi connectivity index (χ1v) is 24.6. The van der Waals surface area contributed by atoms with Gasteiger partial charge in [-0.15, -0.1) is 0 Å². The highest BCUT2D eigenvalue weighted by Gasteiger charge is 2.59. The average Bonchev–Trinajstić information content (AvgIpc) is 3.45. The standard InChI is InChI=1S/C42H70O35/c43-1-8-29-15(50)22(57)36(64-8)72-30-9(2-44)66-38(24(59)17(30)52)74-32-11(4-46)68-40(26(61)19(32)54)76-34-13(6-48)70-42(28(63)21(34)56)77-35-14(7-49)69-41(27(62)20(35)55)75-33-12(5-47)67-39(25(60)18(33)53)73-31-10(3-45)65-37(71-29)23(58)16(31)51/h8-63H,1-7H2/t8-,9-,10-,11-,12-,13-,14-,15-,16-,17-,18-,19-,20-,21-,22-,23+,24+,25-,26-,27+,28+,29+,30-,31+,32?,33+,34-,35+,36?,37?,38?,39?,40?,41?,42?/m1/s1. The van der Waals surface area contributed by atoms with Gasteiger partial charge in [0.1, 0.15) is 171 Å². The second-order valence-corrected chi connectivity index (χ2v) is 19.7. The van der Waals surface area contributed by atoms with Crippen molar-refractivity contribution in [3.05, 3.63) is 0 Å². The zero-order valence-electron chi connectivity index (χ0n) is 40.3. The molecule has 77 heavy (non-hydrogen) atoms. The predicted molar refractivity (Wildman–Crippen MR) is 228 cm³/mol. The zero-order chi connectivity index (χ0) is 56.1. The molecule has 35 nitrogen and oxygen atoms in total. The van der Waals surface area contributed by atoms with Crippen LogP contribution in [0.2, 0.25) is 0 Å². The van der Waals surface area contributed by atoms with Crippen molar-refractivity contribution in [2.75, 3.05) is 46.2 Å². The number of rotatable bonds is 7. The lowest BCUT2D eigenvalue weighted by Crippen LogP contribution is -2.68. The van der Waals surface area contributed by atoms with Crippen LogP contribution in [0.4, 0.5) is 0 Å². The van der Waals surface area contributed by atoms with Crippen molar-refractivity contribution in [1.29, 1.82) is 0 Å². The molecule has 0 aromatic heterocycles. The first-order chi connectivity index (χ1) is 36.7. The fourth-order valence-corrected chi connectivity index (χ4v) is 10.4. The van der Waals surface area contributed by atoms with Crippen LogP contribution in [0, 0.1) is 0 Å². The Bertz CT molecular complexity index is 1470. The Balaban J connectivity index is 1.08. The first kappa shape index (κ1) is 61.7. The van der Waals surface area contributed by atoms with E-state index in [1.54, 1.807) is 0 Å². The maximum absolute atomic E-state index is 11.3. The van der Waals surface area contributed by atoms with Crippen LogP contribution in [0.25, 0.3) is 0 Å². The van der Waals surface area contributed by atoms with E-state index in [-0.39, 0.29) is 0 Å². The quantitative estimate of drug-likeness (QED) is 0.113. The molecule has 21 N–H and O–H groups in total. The summed E-state index contributed by atoms with van der Waals surface area (Å²) >= 11 is 0. The molecule has 448 valence electrons. The summed E-state index contributed by atoms with van der Waals surface area (Å²) in [6.07, 6.45) is -70.2. The second-order valence-electron chi connectivity index (χ2n) is 19.7. The van der Waals surface area contributed by atoms with E-state index >= 15 is 0 Å². The van der Waals surface area contributed by atoms with Crippen molar-refractivity contribution in [3.8, 4) is 0 Å². The number of hydrogen-bond donors (Lipinski definition) is 21. The van der Waals surface area contributed by atoms with Crippen LogP contribution in [0.3, 0.4) is 0 Å². The Morgan fingerprint density at radius 3 is 0.351 bits per heavy atom. The number of hydrogen-bond acceptors (Lipinski definition) is 35. The summed E-state index contributed by atoms with van der Waals surface area (Å²) in [5.41, 5.74) is 0. The monoisotopic (exact) mass is 1130 g/mol. The molecule has 21 heterocycles. The minimum atomic E-state index is -2.21. The van der Waals surface area contributed by atoms with Gasteiger partial charge in [-0.25, -0.2) is 0 Å². The van der Waals surface area contributed by atoms with Gasteiger partial charge in [-0.2, -0.15) is 0 Å². The molecule has 0 spiro atoms. The number of aliphatic hydroxyl groups excluding tert-OH is 21. The summed E-state index contributed by atoms with van der Waals surface area (Å²) in [7, 11) is 0. The Hall–Kier alpha value is -1.40. The molecule has 35 heteroatoms. The van der Waals surface area contributed by atoms with Gasteiger partial charge in [-0.3, -0.25) is 0 Å². The molecule has 14 bridgehead atoms. The molecule has 0 amide bonds. The molecule has 8 unspecified atom stereocenters. The summed E-state index contributed by atoms with van der Waals surface area (Å²) in [5.74, 6) is 0. The van der Waals surface area contributed by atoms with Gasteiger partial charge in [-0.1, -0.05) is 0 Å². The fraction of sp³-hybridized carbons (Fsp3) is 1.00. The van der Waals surface area contributed by atoms with Gasteiger partial charge in [-0.05, 0) is 0 Å². The van der Waals surface area contributed by atoms with E-state index in [4.69, 9.17) is 66.3 Å². The molecule has 21 saturated heterocycles. The van der Waals surface area contributed by atoms with E-state index in [9.17, 15) is 107 Å². The lowest BCUT2D eigenvalue weighted by molar-refractivity contribution is -0.396. The summed E-state index contributed by atoms with van der Waals surface area (Å²) < 4.78 is 79.5. The average molecular weight is 1130 g/mol. The maximum atomic E-state index is 11.3. The zero-order valence-corrected chi connectivity index (χ0v) is 40.3. The minimum absolute atomic E-state index is 1.05. The van der Waals surface area contributed by atoms with E-state index < -0.39 is 261 Å². The van der Waals surface area contributed by atoms with Crippen LogP contribution in [0.15, 0.2) is 0 Å². The third kappa shape index (κ3) is 12.1. The molecule has 0 saturated carbocycles. The van der Waals surface area contributed by atoms with Gasteiger partial charge in [0.15, 0.2) is 44.0 Å². The highest BCUT2D eigenvalue weighted by atomic mass is 16.8. The lowest BCUT2D eigenvalue weighted by atomic mass is 9.95. The van der Waals surface area contributed by atoms with Gasteiger partial charge >= 0.3 is 0 Å². The van der Waals surface area contributed by atoms with E-state index in [0.717, 1.165) is 0 Å². The first-order valence-electron chi connectivity index (χ1n) is 24.6. The molecular formula is C42H70O35. The summed E-state index contributed by atoms with van der Waals surface area (Å²) in [4.78, 5) is 0. The third-order valence-electron chi connectivity index (χ3n) is 14.8. The maximum Gasteiger partial charge on any atom is 0.187 e. The number of ether oxygens (including phenoxy) is 14. The molecule has 35 atom stereocenters. The van der Waals surface area contributed by atoms with Gasteiger partial charge in [0.05, 0.1) is 46.2 Å². The smallest absolute Gasteiger partial charge is 0.187 e. The molecule has 21 rings (SSSR count). The molecule has 0 aromatic rings. The highest BCUT2D eigenvalue weighted by Crippen LogP contribution is 2.39. The third-order valence-corrected chi connectivity index (χ3v) is 14.8. The van der Waals surface area contributed by atoms with Crippen molar-refractivity contribution >= 4 is 0 Å². The van der Waals surface area contributed by atoms with Gasteiger partial charge in [0.2, 0.25) is 0 Å². The molecule has 21 fully saturated rings. The molecular weight excluding hydrogens is 1060 g/mol. The van der Waals surface area contributed by atoms with Gasteiger partial charge in [0, 0.05) is 0 Å². The van der Waals surface area contributed by atoms with Crippen molar-refractivity contribution in [1.82, 2.24) is 0 Å². The molecule has 0 aliphatic carbocycles. The normalized spacial score (nSPS) is 55.4. The van der Waals surface area contributed by atoms with E-state index in [1.807, 2.05) is 0 Å². The Labute approximate surface area is 434 Å². The van der Waals surface area contributed by atoms with Crippen LogP contribution >= 0.6 is 0 Å². The van der Waals surface area contributed by atoms with Crippen molar-refractivity contribution in [2.24, 2.45) is 0 Å². The van der Waals surface area contributed by atoms with Crippen molar-refractivity contribution in [2.45, 2.75) is 215 Å². The predicted octanol–water partition coefficient (Wildman–Crippen LogP) is -15.2. The van der Waals surface area contributed by atoms with E-state index in [2.05, 4.69) is 0 Å². The Morgan fingerprint density at radius 2 is 0.260 bits per heavy atom. The van der Waals surface area contributed by atoms with Crippen LogP contribution in [0.1, 0.15) is 0 Å². The summed E-state index contributed by atoms with van der Waals surface area (Å²) in [6, 6.07) is 0. The largest absolute Gasteiger partial charge is 0.394 e. The highest BCUT2D eigenvalue weighted by molar-refractivity contribution is 5.01. The minimum Gasteiger partial charge on any atom is -0.394 e. The second kappa shape index (κ2) is 26.0. The SMILES string of the molecule is OC[C@H]1OC2O[C@H]3[C@H](O)[C@H](O)C(O[C@@H]4[C@H](O)[C@H](O)C(O[C@@H]5[C@H](O)[C@@H](O)C(O[C@@H]6[C@H](O)[C@H](O)C(O[C@@H]7[C@H](O)[C@@H](O)C(O[C@H]8[C@H](O)[C@H](O)C(OC1[C@H](O)[C@H]2O)O[C@@H]8CO)O[C@@H]7CO)O[C@@H]6CO)O[C@@H]5CO)O[C@@H]4CO)O[C@@H]3CO. The van der Waals surface area contributed by atoms with Gasteiger partial charge < -0.3 is 174 Å². The molecule has 21 aliphatic rings. The molecule has 0 radical (unpaired) electrons. The summed E-state index contributed by atoms with van der Waals surface area (Å²) in [6.45, 7) is -7.33. The fourth-order valence-electron chi connectivity index (χ4n) is 10.4. The molecule has 21 aliphatic heterocycles. The van der Waals surface area contributed by atoms with Crippen LogP contribution < -0.4 is 0 Å². The Morgan fingerprint density at radius 1 is 0.156 bits per heavy atom. The van der Waals surface area contributed by atoms with Crippen molar-refractivity contribution in [3.63, 3.8) is 0 Å².